The summed E-state index contributed by atoms with van der Waals surface area (Å²) in [6, 6.07) is 20.0. The van der Waals surface area contributed by atoms with Crippen LogP contribution < -0.4 is 0 Å². The van der Waals surface area contributed by atoms with E-state index in [2.05, 4.69) is 11.0 Å². The number of hydrogen-bond donors (Lipinski definition) is 1. The molecule has 0 saturated carbocycles. The molecule has 3 heterocycles. The smallest absolute Gasteiger partial charge is 0.254 e. The van der Waals surface area contributed by atoms with E-state index < -0.39 is 0 Å². The van der Waals surface area contributed by atoms with Gasteiger partial charge in [0.05, 0.1) is 30.6 Å². The number of nitrogens with zero attached hydrogens (tertiary/aromatic N) is 4. The van der Waals surface area contributed by atoms with Crippen molar-refractivity contribution < 1.29 is 9.90 Å². The van der Waals surface area contributed by atoms with E-state index in [9.17, 15) is 9.90 Å². The summed E-state index contributed by atoms with van der Waals surface area (Å²) in [6.07, 6.45) is 0.608. The standard InChI is InChI=1S/C24H26N4O2/c29-21-10-11-26(17-21)15-19-14-20-16-27(12-13-28(20)25-19)24(30)23-9-5-4-8-22(23)18-6-2-1-3-7-18/h1-9,14,21,29H,10-13,15-17H2/t21-/m0/s1. The largest absolute Gasteiger partial charge is 0.392 e. The Balaban J connectivity index is 1.34. The number of benzene rings is 2. The molecule has 1 atom stereocenters. The summed E-state index contributed by atoms with van der Waals surface area (Å²) >= 11 is 0. The van der Waals surface area contributed by atoms with Crippen molar-refractivity contribution in [3.05, 3.63) is 77.6 Å². The molecule has 6 heteroatoms. The van der Waals surface area contributed by atoms with Crippen LogP contribution >= 0.6 is 0 Å². The van der Waals surface area contributed by atoms with Gasteiger partial charge in [-0.2, -0.15) is 5.10 Å². The van der Waals surface area contributed by atoms with Crippen LogP contribution in [-0.4, -0.2) is 56.3 Å². The number of carbonyl (C=O) groups excluding carboxylic acids is 1. The molecule has 30 heavy (non-hydrogen) atoms. The van der Waals surface area contributed by atoms with E-state index in [-0.39, 0.29) is 12.0 Å². The van der Waals surface area contributed by atoms with Gasteiger partial charge in [0.1, 0.15) is 0 Å². The molecule has 3 aromatic rings. The van der Waals surface area contributed by atoms with Crippen LogP contribution in [-0.2, 0) is 19.6 Å². The maximum atomic E-state index is 13.4. The topological polar surface area (TPSA) is 61.6 Å². The molecule has 1 N–H and O–H groups in total. The summed E-state index contributed by atoms with van der Waals surface area (Å²) in [5.74, 6) is 0.0612. The molecule has 0 spiro atoms. The maximum absolute atomic E-state index is 13.4. The Morgan fingerprint density at radius 1 is 1.03 bits per heavy atom. The summed E-state index contributed by atoms with van der Waals surface area (Å²) in [5, 5.41) is 14.5. The quantitative estimate of drug-likeness (QED) is 0.729. The third-order valence-corrected chi connectivity index (χ3v) is 6.01. The summed E-state index contributed by atoms with van der Waals surface area (Å²) in [5.41, 5.74) is 4.84. The van der Waals surface area contributed by atoms with Crippen molar-refractivity contribution in [2.45, 2.75) is 32.2 Å². The lowest BCUT2D eigenvalue weighted by atomic mass is 9.98. The van der Waals surface area contributed by atoms with Crippen LogP contribution in [0.3, 0.4) is 0 Å². The number of aromatic nitrogens is 2. The van der Waals surface area contributed by atoms with Gasteiger partial charge in [0.15, 0.2) is 0 Å². The molecule has 0 bridgehead atoms. The summed E-state index contributed by atoms with van der Waals surface area (Å²) in [7, 11) is 0. The fourth-order valence-electron chi connectivity index (χ4n) is 4.47. The van der Waals surface area contributed by atoms with Crippen molar-refractivity contribution in [3.63, 3.8) is 0 Å². The first-order valence-corrected chi connectivity index (χ1v) is 10.6. The van der Waals surface area contributed by atoms with Gasteiger partial charge in [0.25, 0.3) is 5.91 Å². The van der Waals surface area contributed by atoms with Crippen LogP contribution in [0.25, 0.3) is 11.1 Å². The molecule has 0 unspecified atom stereocenters. The highest BCUT2D eigenvalue weighted by Crippen LogP contribution is 2.26. The number of likely N-dealkylation sites (tertiary alicyclic amines) is 1. The van der Waals surface area contributed by atoms with E-state index in [4.69, 9.17) is 5.10 Å². The molecular weight excluding hydrogens is 376 g/mol. The highest BCUT2D eigenvalue weighted by Gasteiger charge is 2.26. The molecule has 6 nitrogen and oxygen atoms in total. The number of hydrogen-bond acceptors (Lipinski definition) is 4. The Bertz CT molecular complexity index is 1050. The van der Waals surface area contributed by atoms with Gasteiger partial charge in [0, 0.05) is 31.7 Å². The molecule has 1 fully saturated rings. The van der Waals surface area contributed by atoms with Gasteiger partial charge in [-0.1, -0.05) is 48.5 Å². The zero-order valence-corrected chi connectivity index (χ0v) is 16.9. The van der Waals surface area contributed by atoms with Crippen LogP contribution in [0.1, 0.15) is 28.2 Å². The fraction of sp³-hybridized carbons (Fsp3) is 0.333. The molecule has 0 radical (unpaired) electrons. The molecule has 5 rings (SSSR count). The fourth-order valence-corrected chi connectivity index (χ4v) is 4.47. The second kappa shape index (κ2) is 8.05. The molecule has 2 aliphatic rings. The molecule has 1 aromatic heterocycles. The van der Waals surface area contributed by atoms with Crippen molar-refractivity contribution in [2.75, 3.05) is 19.6 Å². The van der Waals surface area contributed by atoms with Crippen molar-refractivity contribution in [1.82, 2.24) is 19.6 Å². The number of β-amino-alcohol motifs (C(OH)–C–C–N with tert-alkyl or cyclic N) is 1. The normalized spacial score (nSPS) is 19.1. The molecule has 154 valence electrons. The van der Waals surface area contributed by atoms with Gasteiger partial charge in [-0.25, -0.2) is 0 Å². The molecule has 1 saturated heterocycles. The average molecular weight is 402 g/mol. The van der Waals surface area contributed by atoms with Crippen molar-refractivity contribution in [2.24, 2.45) is 0 Å². The SMILES string of the molecule is O=C(c1ccccc1-c1ccccc1)N1CCn2nc(CN3CC[C@H](O)C3)cc2C1. The lowest BCUT2D eigenvalue weighted by Gasteiger charge is -2.28. The number of carbonyl (C=O) groups is 1. The highest BCUT2D eigenvalue weighted by molar-refractivity contribution is 6.00. The van der Waals surface area contributed by atoms with Gasteiger partial charge in [-0.05, 0) is 29.7 Å². The van der Waals surface area contributed by atoms with Gasteiger partial charge in [-0.15, -0.1) is 0 Å². The molecule has 2 aromatic carbocycles. The number of amides is 1. The van der Waals surface area contributed by atoms with E-state index >= 15 is 0 Å². The second-order valence-corrected chi connectivity index (χ2v) is 8.17. The minimum Gasteiger partial charge on any atom is -0.392 e. The highest BCUT2D eigenvalue weighted by atomic mass is 16.3. The van der Waals surface area contributed by atoms with Gasteiger partial charge in [0.2, 0.25) is 0 Å². The van der Waals surface area contributed by atoms with E-state index in [1.54, 1.807) is 0 Å². The van der Waals surface area contributed by atoms with Gasteiger partial charge in [-0.3, -0.25) is 14.4 Å². The summed E-state index contributed by atoms with van der Waals surface area (Å²) in [4.78, 5) is 17.5. The Morgan fingerprint density at radius 3 is 2.63 bits per heavy atom. The molecule has 1 amide bonds. The summed E-state index contributed by atoms with van der Waals surface area (Å²) < 4.78 is 2.02. The summed E-state index contributed by atoms with van der Waals surface area (Å²) in [6.45, 7) is 4.29. The average Bonchev–Trinajstić information content (AvgIpc) is 3.38. The number of fused-ring (bicyclic) bond motifs is 1. The lowest BCUT2D eigenvalue weighted by molar-refractivity contribution is 0.0707. The number of aliphatic hydroxyl groups is 1. The Kier molecular flexibility index (Phi) is 5.11. The number of rotatable bonds is 4. The van der Waals surface area contributed by atoms with Crippen LogP contribution in [0, 0.1) is 0 Å². The van der Waals surface area contributed by atoms with Crippen LogP contribution in [0.15, 0.2) is 60.7 Å². The minimum atomic E-state index is -0.222. The monoisotopic (exact) mass is 402 g/mol. The maximum Gasteiger partial charge on any atom is 0.254 e. The third kappa shape index (κ3) is 3.76. The van der Waals surface area contributed by atoms with Crippen LogP contribution in [0.5, 0.6) is 0 Å². The second-order valence-electron chi connectivity index (χ2n) is 8.17. The van der Waals surface area contributed by atoms with Gasteiger partial charge < -0.3 is 10.0 Å². The Labute approximate surface area is 176 Å². The van der Waals surface area contributed by atoms with Crippen molar-refractivity contribution in [1.29, 1.82) is 0 Å². The lowest BCUT2D eigenvalue weighted by Crippen LogP contribution is -2.38. The van der Waals surface area contributed by atoms with Crippen LogP contribution in [0.2, 0.25) is 0 Å². The van der Waals surface area contributed by atoms with Crippen molar-refractivity contribution >= 4 is 5.91 Å². The first-order chi connectivity index (χ1) is 14.7. The van der Waals surface area contributed by atoms with E-state index in [0.717, 1.165) is 47.6 Å². The molecule has 2 aliphatic heterocycles. The van der Waals surface area contributed by atoms with Crippen LogP contribution in [0.4, 0.5) is 0 Å². The number of aliphatic hydroxyl groups excluding tert-OH is 1. The molecule has 0 aliphatic carbocycles. The minimum absolute atomic E-state index is 0.0612. The molecular formula is C24H26N4O2. The predicted octanol–water partition coefficient (Wildman–Crippen LogP) is 2.77. The Hall–Kier alpha value is -2.96. The third-order valence-electron chi connectivity index (χ3n) is 6.01. The first kappa shape index (κ1) is 19.0. The van der Waals surface area contributed by atoms with E-state index in [1.807, 2.05) is 64.2 Å². The van der Waals surface area contributed by atoms with Gasteiger partial charge >= 0.3 is 0 Å². The van der Waals surface area contributed by atoms with Crippen molar-refractivity contribution in [3.8, 4) is 11.1 Å². The zero-order chi connectivity index (χ0) is 20.5. The predicted molar refractivity (Wildman–Crippen MR) is 115 cm³/mol. The first-order valence-electron chi connectivity index (χ1n) is 10.6. The van der Waals surface area contributed by atoms with E-state index in [1.165, 1.54) is 0 Å². The zero-order valence-electron chi connectivity index (χ0n) is 16.9. The Morgan fingerprint density at radius 2 is 1.83 bits per heavy atom. The van der Waals surface area contributed by atoms with E-state index in [0.29, 0.717) is 26.2 Å².